The molecule has 0 radical (unpaired) electrons. The summed E-state index contributed by atoms with van der Waals surface area (Å²) in [6.07, 6.45) is 2.16. The lowest BCUT2D eigenvalue weighted by Gasteiger charge is -2.08. The molecule has 0 saturated heterocycles. The average molecular weight is 305 g/mol. The van der Waals surface area contributed by atoms with Gasteiger partial charge in [-0.2, -0.15) is 0 Å². The number of rotatable bonds is 6. The van der Waals surface area contributed by atoms with Gasteiger partial charge in [0.1, 0.15) is 0 Å². The van der Waals surface area contributed by atoms with E-state index in [2.05, 4.69) is 27.8 Å². The Bertz CT molecular complexity index is 781. The second-order valence-electron chi connectivity index (χ2n) is 5.34. The molecular formula is C19H19N3O. The molecule has 4 heteroatoms. The van der Waals surface area contributed by atoms with Crippen LogP contribution in [0, 0.1) is 0 Å². The van der Waals surface area contributed by atoms with E-state index in [9.17, 15) is 4.79 Å². The normalized spacial score (nSPS) is 10.6. The van der Waals surface area contributed by atoms with Crippen LogP contribution < -0.4 is 10.6 Å². The number of carbonyl (C=O) groups excluding carboxylic acids is 1. The summed E-state index contributed by atoms with van der Waals surface area (Å²) < 4.78 is 0. The molecular weight excluding hydrogens is 286 g/mol. The number of hydrogen-bond donors (Lipinski definition) is 2. The zero-order valence-electron chi connectivity index (χ0n) is 12.8. The monoisotopic (exact) mass is 305 g/mol. The maximum atomic E-state index is 12.1. The molecule has 1 aromatic heterocycles. The quantitative estimate of drug-likeness (QED) is 0.687. The smallest absolute Gasteiger partial charge is 0.225 e. The van der Waals surface area contributed by atoms with Gasteiger partial charge in [-0.05, 0) is 17.7 Å². The van der Waals surface area contributed by atoms with Crippen LogP contribution in [0.15, 0.2) is 66.9 Å². The molecule has 0 aliphatic rings. The van der Waals surface area contributed by atoms with Crippen molar-refractivity contribution in [2.24, 2.45) is 0 Å². The second-order valence-corrected chi connectivity index (χ2v) is 5.34. The summed E-state index contributed by atoms with van der Waals surface area (Å²) in [7, 11) is 0. The molecule has 1 heterocycles. The minimum absolute atomic E-state index is 0.0104. The maximum Gasteiger partial charge on any atom is 0.225 e. The first-order valence-corrected chi connectivity index (χ1v) is 7.71. The van der Waals surface area contributed by atoms with Gasteiger partial charge < -0.3 is 10.6 Å². The van der Waals surface area contributed by atoms with Gasteiger partial charge in [-0.3, -0.25) is 9.78 Å². The van der Waals surface area contributed by atoms with E-state index >= 15 is 0 Å². The van der Waals surface area contributed by atoms with Crippen LogP contribution in [0.2, 0.25) is 0 Å². The largest absolute Gasteiger partial charge is 0.324 e. The Morgan fingerprint density at radius 3 is 2.65 bits per heavy atom. The van der Waals surface area contributed by atoms with Crippen molar-refractivity contribution < 1.29 is 4.79 Å². The van der Waals surface area contributed by atoms with E-state index in [0.717, 1.165) is 23.1 Å². The molecule has 2 aromatic carbocycles. The summed E-state index contributed by atoms with van der Waals surface area (Å²) in [6.45, 7) is 1.41. The highest BCUT2D eigenvalue weighted by atomic mass is 16.1. The molecule has 0 bridgehead atoms. The Kier molecular flexibility index (Phi) is 4.96. The Hall–Kier alpha value is -2.72. The van der Waals surface area contributed by atoms with Crippen LogP contribution in [0.4, 0.5) is 5.69 Å². The van der Waals surface area contributed by atoms with Crippen molar-refractivity contribution in [2.75, 3.05) is 11.9 Å². The van der Waals surface area contributed by atoms with E-state index in [0.29, 0.717) is 13.0 Å². The van der Waals surface area contributed by atoms with Crippen LogP contribution in [-0.2, 0) is 11.3 Å². The fraction of sp³-hybridized carbons (Fsp3) is 0.158. The van der Waals surface area contributed by atoms with E-state index in [4.69, 9.17) is 0 Å². The van der Waals surface area contributed by atoms with Gasteiger partial charge in [0.25, 0.3) is 0 Å². The predicted molar refractivity (Wildman–Crippen MR) is 93.1 cm³/mol. The van der Waals surface area contributed by atoms with Crippen LogP contribution in [0.25, 0.3) is 10.9 Å². The van der Waals surface area contributed by atoms with Gasteiger partial charge in [-0.15, -0.1) is 0 Å². The van der Waals surface area contributed by atoms with E-state index in [1.165, 1.54) is 5.56 Å². The topological polar surface area (TPSA) is 54.0 Å². The molecule has 0 atom stereocenters. The van der Waals surface area contributed by atoms with Crippen LogP contribution >= 0.6 is 0 Å². The van der Waals surface area contributed by atoms with E-state index in [1.807, 2.05) is 48.5 Å². The van der Waals surface area contributed by atoms with Crippen LogP contribution in [0.1, 0.15) is 12.0 Å². The summed E-state index contributed by atoms with van der Waals surface area (Å²) in [5, 5.41) is 7.24. The lowest BCUT2D eigenvalue weighted by molar-refractivity contribution is -0.116. The number of hydrogen-bond acceptors (Lipinski definition) is 3. The molecule has 0 unspecified atom stereocenters. The Balaban J connectivity index is 1.51. The van der Waals surface area contributed by atoms with Crippen molar-refractivity contribution in [1.82, 2.24) is 10.3 Å². The predicted octanol–water partition coefficient (Wildman–Crippen LogP) is 3.35. The lowest BCUT2D eigenvalue weighted by atomic mass is 10.2. The summed E-state index contributed by atoms with van der Waals surface area (Å²) in [6, 6.07) is 19.8. The summed E-state index contributed by atoms with van der Waals surface area (Å²) >= 11 is 0. The molecule has 0 aliphatic carbocycles. The third-order valence-corrected chi connectivity index (χ3v) is 3.61. The highest BCUT2D eigenvalue weighted by Crippen LogP contribution is 2.20. The highest BCUT2D eigenvalue weighted by Gasteiger charge is 2.06. The van der Waals surface area contributed by atoms with E-state index in [1.54, 1.807) is 6.20 Å². The second kappa shape index (κ2) is 7.51. The molecule has 0 spiro atoms. The third-order valence-electron chi connectivity index (χ3n) is 3.61. The number of amides is 1. The minimum Gasteiger partial charge on any atom is -0.324 e. The number of nitrogens with one attached hydrogen (secondary N) is 2. The number of benzene rings is 2. The Morgan fingerprint density at radius 2 is 1.78 bits per heavy atom. The summed E-state index contributed by atoms with van der Waals surface area (Å²) in [5.74, 6) is -0.0104. The minimum atomic E-state index is -0.0104. The van der Waals surface area contributed by atoms with Crippen molar-refractivity contribution in [3.8, 4) is 0 Å². The standard InChI is InChI=1S/C19H19N3O/c23-18(11-13-20-14-15-6-2-1-3-7-15)22-17-10-4-8-16-9-5-12-21-19(16)17/h1-10,12,20H,11,13-14H2,(H,22,23). The van der Waals surface area contributed by atoms with Crippen LogP contribution in [-0.4, -0.2) is 17.4 Å². The number of pyridine rings is 1. The molecule has 3 rings (SSSR count). The summed E-state index contributed by atoms with van der Waals surface area (Å²) in [4.78, 5) is 16.4. The van der Waals surface area contributed by atoms with Crippen molar-refractivity contribution in [1.29, 1.82) is 0 Å². The number of nitrogens with zero attached hydrogens (tertiary/aromatic N) is 1. The van der Waals surface area contributed by atoms with Gasteiger partial charge in [-0.1, -0.05) is 48.5 Å². The molecule has 1 amide bonds. The van der Waals surface area contributed by atoms with E-state index in [-0.39, 0.29) is 5.91 Å². The van der Waals surface area contributed by atoms with Gasteiger partial charge in [0.15, 0.2) is 0 Å². The van der Waals surface area contributed by atoms with Crippen molar-refractivity contribution in [2.45, 2.75) is 13.0 Å². The van der Waals surface area contributed by atoms with Gasteiger partial charge in [0, 0.05) is 31.1 Å². The highest BCUT2D eigenvalue weighted by molar-refractivity contribution is 6.00. The average Bonchev–Trinajstić information content (AvgIpc) is 2.60. The van der Waals surface area contributed by atoms with Gasteiger partial charge in [0.05, 0.1) is 11.2 Å². The van der Waals surface area contributed by atoms with Gasteiger partial charge >= 0.3 is 0 Å². The number of carbonyl (C=O) groups is 1. The first-order chi connectivity index (χ1) is 11.3. The molecule has 4 nitrogen and oxygen atoms in total. The number of aromatic nitrogens is 1. The first-order valence-electron chi connectivity index (χ1n) is 7.71. The maximum absolute atomic E-state index is 12.1. The molecule has 3 aromatic rings. The lowest BCUT2D eigenvalue weighted by Crippen LogP contribution is -2.21. The fourth-order valence-electron chi connectivity index (χ4n) is 2.45. The first kappa shape index (κ1) is 15.2. The van der Waals surface area contributed by atoms with Crippen molar-refractivity contribution >= 4 is 22.5 Å². The van der Waals surface area contributed by atoms with Crippen LogP contribution in [0.5, 0.6) is 0 Å². The number of anilines is 1. The van der Waals surface area contributed by atoms with Gasteiger partial charge in [-0.25, -0.2) is 0 Å². The molecule has 23 heavy (non-hydrogen) atoms. The Morgan fingerprint density at radius 1 is 0.957 bits per heavy atom. The van der Waals surface area contributed by atoms with Crippen LogP contribution in [0.3, 0.4) is 0 Å². The number of fused-ring (bicyclic) bond motifs is 1. The zero-order valence-corrected chi connectivity index (χ0v) is 12.8. The molecule has 0 saturated carbocycles. The third kappa shape index (κ3) is 4.14. The van der Waals surface area contributed by atoms with Crippen molar-refractivity contribution in [3.63, 3.8) is 0 Å². The molecule has 0 aliphatic heterocycles. The fourth-order valence-corrected chi connectivity index (χ4v) is 2.45. The van der Waals surface area contributed by atoms with E-state index < -0.39 is 0 Å². The van der Waals surface area contributed by atoms with Crippen molar-refractivity contribution in [3.05, 3.63) is 72.4 Å². The zero-order chi connectivity index (χ0) is 15.9. The Labute approximate surface area is 135 Å². The van der Waals surface area contributed by atoms with Gasteiger partial charge in [0.2, 0.25) is 5.91 Å². The molecule has 2 N–H and O–H groups in total. The SMILES string of the molecule is O=C(CCNCc1ccccc1)Nc1cccc2cccnc12. The summed E-state index contributed by atoms with van der Waals surface area (Å²) in [5.41, 5.74) is 2.79. The number of para-hydroxylation sites is 1. The molecule has 116 valence electrons. The molecule has 0 fully saturated rings.